The van der Waals surface area contributed by atoms with Gasteiger partial charge in [0.15, 0.2) is 11.5 Å². The zero-order valence-corrected chi connectivity index (χ0v) is 20.9. The van der Waals surface area contributed by atoms with Gasteiger partial charge in [0.25, 0.3) is 0 Å². The molecule has 1 atom stereocenters. The molecular weight excluding hydrogens is 463 g/mol. The number of amides is 2. The summed E-state index contributed by atoms with van der Waals surface area (Å²) in [5.41, 5.74) is 1.28. The summed E-state index contributed by atoms with van der Waals surface area (Å²) in [5, 5.41) is 3.98. The van der Waals surface area contributed by atoms with Crippen LogP contribution in [0, 0.1) is 0 Å². The number of ether oxygens (including phenoxy) is 2. The molecule has 33 heavy (non-hydrogen) atoms. The predicted molar refractivity (Wildman–Crippen MR) is 130 cm³/mol. The van der Waals surface area contributed by atoms with Crippen molar-refractivity contribution in [2.75, 3.05) is 6.79 Å². The summed E-state index contributed by atoms with van der Waals surface area (Å²) in [4.78, 5) is 28.1. The van der Waals surface area contributed by atoms with Crippen molar-refractivity contribution in [1.29, 1.82) is 0 Å². The average Bonchev–Trinajstić information content (AvgIpc) is 3.20. The smallest absolute Gasteiger partial charge is 0.243 e. The minimum absolute atomic E-state index is 0.130. The summed E-state index contributed by atoms with van der Waals surface area (Å²) in [7, 11) is 0. The lowest BCUT2D eigenvalue weighted by Crippen LogP contribution is -2.53. The van der Waals surface area contributed by atoms with E-state index in [-0.39, 0.29) is 31.6 Å². The van der Waals surface area contributed by atoms with E-state index in [0.717, 1.165) is 11.1 Å². The number of halogens is 2. The maximum atomic E-state index is 13.4. The van der Waals surface area contributed by atoms with E-state index in [4.69, 9.17) is 32.7 Å². The molecule has 1 aliphatic heterocycles. The third kappa shape index (κ3) is 6.78. The van der Waals surface area contributed by atoms with E-state index in [2.05, 4.69) is 5.32 Å². The van der Waals surface area contributed by atoms with E-state index >= 15 is 0 Å². The van der Waals surface area contributed by atoms with Gasteiger partial charge in [-0.3, -0.25) is 9.59 Å². The van der Waals surface area contributed by atoms with E-state index in [1.54, 1.807) is 23.1 Å². The molecule has 0 spiro atoms. The van der Waals surface area contributed by atoms with Crippen LogP contribution in [0.2, 0.25) is 10.0 Å². The molecule has 0 aliphatic carbocycles. The Kier molecular flexibility index (Phi) is 8.14. The second-order valence-corrected chi connectivity index (χ2v) is 9.95. The van der Waals surface area contributed by atoms with Gasteiger partial charge in [-0.25, -0.2) is 0 Å². The summed E-state index contributed by atoms with van der Waals surface area (Å²) in [6.45, 7) is 8.06. The summed E-state index contributed by atoms with van der Waals surface area (Å²) >= 11 is 12.4. The highest BCUT2D eigenvalue weighted by Gasteiger charge is 2.31. The Morgan fingerprint density at radius 1 is 1.09 bits per heavy atom. The molecule has 0 aromatic heterocycles. The van der Waals surface area contributed by atoms with E-state index in [1.165, 1.54) is 0 Å². The zero-order valence-electron chi connectivity index (χ0n) is 19.4. The van der Waals surface area contributed by atoms with Crippen LogP contribution < -0.4 is 14.8 Å². The molecule has 0 radical (unpaired) electrons. The summed E-state index contributed by atoms with van der Waals surface area (Å²) in [5.74, 6) is 1.07. The van der Waals surface area contributed by atoms with Gasteiger partial charge < -0.3 is 19.7 Å². The maximum absolute atomic E-state index is 13.4. The first-order valence-corrected chi connectivity index (χ1v) is 11.8. The van der Waals surface area contributed by atoms with Gasteiger partial charge in [0, 0.05) is 28.5 Å². The fraction of sp³-hybridized carbons (Fsp3) is 0.440. The molecule has 6 nitrogen and oxygen atoms in total. The molecule has 0 saturated carbocycles. The van der Waals surface area contributed by atoms with Crippen molar-refractivity contribution < 1.29 is 19.1 Å². The largest absolute Gasteiger partial charge is 0.454 e. The molecule has 8 heteroatoms. The molecule has 0 saturated heterocycles. The average molecular weight is 493 g/mol. The molecule has 2 amide bonds. The van der Waals surface area contributed by atoms with Gasteiger partial charge >= 0.3 is 0 Å². The molecule has 3 rings (SSSR count). The van der Waals surface area contributed by atoms with Crippen molar-refractivity contribution in [3.05, 3.63) is 57.6 Å². The Labute approximate surface area is 205 Å². The van der Waals surface area contributed by atoms with E-state index in [0.29, 0.717) is 34.4 Å². The first-order chi connectivity index (χ1) is 15.6. The maximum Gasteiger partial charge on any atom is 0.243 e. The quantitative estimate of drug-likeness (QED) is 0.537. The number of carbonyl (C=O) groups is 2. The van der Waals surface area contributed by atoms with Crippen molar-refractivity contribution in [3.8, 4) is 11.5 Å². The van der Waals surface area contributed by atoms with Crippen LogP contribution in [0.3, 0.4) is 0 Å². The van der Waals surface area contributed by atoms with Crippen LogP contribution in [-0.4, -0.2) is 35.1 Å². The minimum atomic E-state index is -0.625. The molecule has 1 N–H and O–H groups in total. The summed E-state index contributed by atoms with van der Waals surface area (Å²) in [6.07, 6.45) is 1.23. The Morgan fingerprint density at radius 2 is 1.82 bits per heavy atom. The third-order valence-electron chi connectivity index (χ3n) is 5.30. The fourth-order valence-corrected chi connectivity index (χ4v) is 4.17. The summed E-state index contributed by atoms with van der Waals surface area (Å²) in [6, 6.07) is 10.2. The monoisotopic (exact) mass is 492 g/mol. The minimum Gasteiger partial charge on any atom is -0.454 e. The lowest BCUT2D eigenvalue weighted by atomic mass is 10.0. The second-order valence-electron chi connectivity index (χ2n) is 9.11. The van der Waals surface area contributed by atoms with Gasteiger partial charge in [0.1, 0.15) is 6.04 Å². The van der Waals surface area contributed by atoms with Crippen LogP contribution in [-0.2, 0) is 22.6 Å². The van der Waals surface area contributed by atoms with Crippen molar-refractivity contribution in [2.45, 2.75) is 65.1 Å². The highest BCUT2D eigenvalue weighted by molar-refractivity contribution is 6.35. The number of benzene rings is 2. The molecule has 178 valence electrons. The highest BCUT2D eigenvalue weighted by Crippen LogP contribution is 2.33. The number of rotatable bonds is 8. The highest BCUT2D eigenvalue weighted by atomic mass is 35.5. The number of nitrogens with zero attached hydrogens (tertiary/aromatic N) is 1. The van der Waals surface area contributed by atoms with Crippen molar-refractivity contribution >= 4 is 35.0 Å². The van der Waals surface area contributed by atoms with Crippen LogP contribution in [0.1, 0.15) is 51.7 Å². The molecule has 1 unspecified atom stereocenters. The molecule has 0 bridgehead atoms. The van der Waals surface area contributed by atoms with Crippen LogP contribution in [0.5, 0.6) is 11.5 Å². The van der Waals surface area contributed by atoms with Crippen molar-refractivity contribution in [1.82, 2.24) is 10.2 Å². The molecular formula is C25H30Cl2N2O4. The van der Waals surface area contributed by atoms with E-state index in [1.807, 2.05) is 45.9 Å². The van der Waals surface area contributed by atoms with Crippen molar-refractivity contribution in [2.24, 2.45) is 0 Å². The number of hydrogen-bond acceptors (Lipinski definition) is 4. The van der Waals surface area contributed by atoms with Gasteiger partial charge in [-0.15, -0.1) is 0 Å². The molecule has 2 aromatic rings. The van der Waals surface area contributed by atoms with Crippen LogP contribution >= 0.6 is 23.2 Å². The number of nitrogens with one attached hydrogen (secondary N) is 1. The number of carbonyl (C=O) groups excluding carboxylic acids is 2. The zero-order chi connectivity index (χ0) is 24.2. The lowest BCUT2D eigenvalue weighted by molar-refractivity contribution is -0.142. The number of fused-ring (bicyclic) bond motifs is 1. The topological polar surface area (TPSA) is 67.9 Å². The first kappa shape index (κ1) is 25.2. The normalized spacial score (nSPS) is 13.5. The van der Waals surface area contributed by atoms with Crippen LogP contribution in [0.15, 0.2) is 36.4 Å². The van der Waals surface area contributed by atoms with Crippen LogP contribution in [0.25, 0.3) is 0 Å². The van der Waals surface area contributed by atoms with Gasteiger partial charge in [-0.1, -0.05) is 42.3 Å². The van der Waals surface area contributed by atoms with Crippen molar-refractivity contribution in [3.63, 3.8) is 0 Å². The van der Waals surface area contributed by atoms with Gasteiger partial charge in [-0.2, -0.15) is 0 Å². The molecule has 1 heterocycles. The number of aryl methyl sites for hydroxylation is 1. The SMILES string of the molecule is CCC(C(=O)NC(C)(C)C)N(Cc1ccc(Cl)cc1Cl)C(=O)CCc1ccc2c(c1)OCO2. The predicted octanol–water partition coefficient (Wildman–Crippen LogP) is 5.38. The second kappa shape index (κ2) is 10.7. The fourth-order valence-electron chi connectivity index (χ4n) is 3.70. The lowest BCUT2D eigenvalue weighted by Gasteiger charge is -2.33. The molecule has 2 aromatic carbocycles. The van der Waals surface area contributed by atoms with E-state index < -0.39 is 11.6 Å². The van der Waals surface area contributed by atoms with Crippen LogP contribution in [0.4, 0.5) is 0 Å². The molecule has 1 aliphatic rings. The van der Waals surface area contributed by atoms with Gasteiger partial charge in [-0.05, 0) is 69.0 Å². The Hall–Kier alpha value is -2.44. The van der Waals surface area contributed by atoms with E-state index in [9.17, 15) is 9.59 Å². The standard InChI is InChI=1S/C25H30Cl2N2O4/c1-5-20(24(31)28-25(2,3)4)29(14-17-8-9-18(26)13-19(17)27)23(30)11-7-16-6-10-21-22(12-16)33-15-32-21/h6,8-10,12-13,20H,5,7,11,14-15H2,1-4H3,(H,28,31). The Balaban J connectivity index is 1.81. The summed E-state index contributed by atoms with van der Waals surface area (Å²) < 4.78 is 10.8. The Morgan fingerprint density at radius 3 is 2.48 bits per heavy atom. The van der Waals surface area contributed by atoms with Gasteiger partial charge in [0.05, 0.1) is 0 Å². The first-order valence-electron chi connectivity index (χ1n) is 11.0. The van der Waals surface area contributed by atoms with Gasteiger partial charge in [0.2, 0.25) is 18.6 Å². The Bertz CT molecular complexity index is 1020. The number of hydrogen-bond donors (Lipinski definition) is 1. The third-order valence-corrected chi connectivity index (χ3v) is 5.89. The molecule has 0 fully saturated rings.